The number of rotatable bonds is 6. The molecule has 3 N–H and O–H groups in total. The lowest BCUT2D eigenvalue weighted by molar-refractivity contribution is -0.110. The highest BCUT2D eigenvalue weighted by Gasteiger charge is 2.13. The van der Waals surface area contributed by atoms with Crippen LogP contribution in [0.25, 0.3) is 11.0 Å². The fraction of sp³-hybridized carbons (Fsp3) is 0.0800. The van der Waals surface area contributed by atoms with Crippen molar-refractivity contribution in [3.05, 3.63) is 96.7 Å². The molecule has 160 valence electrons. The quantitative estimate of drug-likeness (QED) is 0.302. The molecule has 4 aromatic rings. The first-order chi connectivity index (χ1) is 15.6. The van der Waals surface area contributed by atoms with Crippen molar-refractivity contribution in [2.24, 2.45) is 4.99 Å². The molecule has 1 aromatic heterocycles. The van der Waals surface area contributed by atoms with Gasteiger partial charge in [0.2, 0.25) is 5.95 Å². The monoisotopic (exact) mass is 425 g/mol. The van der Waals surface area contributed by atoms with Crippen molar-refractivity contribution in [3.63, 3.8) is 0 Å². The zero-order valence-corrected chi connectivity index (χ0v) is 17.6. The minimum absolute atomic E-state index is 0.131. The number of fused-ring (bicyclic) bond motifs is 1. The molecule has 0 atom stereocenters. The van der Waals surface area contributed by atoms with E-state index in [1.54, 1.807) is 0 Å². The first-order valence-corrected chi connectivity index (χ1v) is 10.1. The maximum Gasteiger partial charge on any atom is 0.293 e. The van der Waals surface area contributed by atoms with Gasteiger partial charge in [-0.3, -0.25) is 15.1 Å². The number of aliphatic imine (C=N–C) groups is 1. The summed E-state index contributed by atoms with van der Waals surface area (Å²) in [6.07, 6.45) is 1.41. The van der Waals surface area contributed by atoms with Crippen LogP contribution in [-0.4, -0.2) is 21.7 Å². The van der Waals surface area contributed by atoms with Crippen LogP contribution in [0.2, 0.25) is 0 Å². The molecule has 0 aliphatic carbocycles. The van der Waals surface area contributed by atoms with E-state index >= 15 is 0 Å². The predicted octanol–water partition coefficient (Wildman–Crippen LogP) is 4.93. The third-order valence-electron chi connectivity index (χ3n) is 4.71. The standard InChI is InChI=1S/C25H23N5O2/c1-3-26-23(24(31)30-25-28-21-14-7-9-17(2)22(21)29-25)27-16-18-10-8-13-20(15-18)32-19-11-5-4-6-12-19/h3-15H,1,16H2,2H3,(H,26,27)(H2,28,29,30,31). The number of hydrogen-bond donors (Lipinski definition) is 3. The Labute approximate surface area is 185 Å². The smallest absolute Gasteiger partial charge is 0.293 e. The Bertz CT molecular complexity index is 1280. The zero-order valence-electron chi connectivity index (χ0n) is 17.6. The van der Waals surface area contributed by atoms with Gasteiger partial charge in [-0.2, -0.15) is 0 Å². The highest BCUT2D eigenvalue weighted by atomic mass is 16.5. The third-order valence-corrected chi connectivity index (χ3v) is 4.71. The van der Waals surface area contributed by atoms with E-state index in [1.807, 2.05) is 79.7 Å². The van der Waals surface area contributed by atoms with Crippen molar-refractivity contribution in [2.45, 2.75) is 13.5 Å². The van der Waals surface area contributed by atoms with Crippen LogP contribution < -0.4 is 15.4 Å². The molecule has 4 rings (SSSR count). The van der Waals surface area contributed by atoms with E-state index in [1.165, 1.54) is 6.20 Å². The van der Waals surface area contributed by atoms with Crippen molar-refractivity contribution in [3.8, 4) is 11.5 Å². The fourth-order valence-electron chi connectivity index (χ4n) is 3.18. The molecule has 0 spiro atoms. The lowest BCUT2D eigenvalue weighted by atomic mass is 10.2. The van der Waals surface area contributed by atoms with E-state index in [9.17, 15) is 4.79 Å². The number of para-hydroxylation sites is 2. The van der Waals surface area contributed by atoms with Crippen LogP contribution in [0.4, 0.5) is 5.95 Å². The second-order valence-electron chi connectivity index (χ2n) is 7.08. The van der Waals surface area contributed by atoms with Gasteiger partial charge in [0, 0.05) is 0 Å². The molecule has 32 heavy (non-hydrogen) atoms. The summed E-state index contributed by atoms with van der Waals surface area (Å²) in [5, 5.41) is 5.55. The molecule has 0 bridgehead atoms. The number of amides is 1. The Morgan fingerprint density at radius 1 is 1.09 bits per heavy atom. The molecule has 1 amide bonds. The molecule has 0 saturated carbocycles. The SMILES string of the molecule is C=CN/C(=N\Cc1cccc(Oc2ccccc2)c1)C(=O)Nc1nc2cccc(C)c2[nH]1. The number of amidine groups is 1. The van der Waals surface area contributed by atoms with Crippen molar-refractivity contribution in [1.82, 2.24) is 15.3 Å². The maximum atomic E-state index is 12.8. The number of carbonyl (C=O) groups excluding carboxylic acids is 1. The number of aromatic nitrogens is 2. The van der Waals surface area contributed by atoms with Crippen LogP contribution in [0.5, 0.6) is 11.5 Å². The minimum atomic E-state index is -0.418. The van der Waals surface area contributed by atoms with Gasteiger partial charge in [-0.1, -0.05) is 49.0 Å². The number of carbonyl (C=O) groups is 1. The second-order valence-corrected chi connectivity index (χ2v) is 7.08. The van der Waals surface area contributed by atoms with Crippen molar-refractivity contribution in [2.75, 3.05) is 5.32 Å². The summed E-state index contributed by atoms with van der Waals surface area (Å²) in [6.45, 7) is 5.90. The molecule has 0 aliphatic rings. The number of anilines is 1. The molecule has 0 radical (unpaired) electrons. The summed E-state index contributed by atoms with van der Waals surface area (Å²) >= 11 is 0. The van der Waals surface area contributed by atoms with Crippen LogP contribution in [-0.2, 0) is 11.3 Å². The van der Waals surface area contributed by atoms with Crippen LogP contribution in [0.1, 0.15) is 11.1 Å². The van der Waals surface area contributed by atoms with Crippen molar-refractivity contribution in [1.29, 1.82) is 0 Å². The van der Waals surface area contributed by atoms with Crippen LogP contribution >= 0.6 is 0 Å². The van der Waals surface area contributed by atoms with E-state index in [0.29, 0.717) is 11.7 Å². The number of benzene rings is 3. The molecule has 0 aliphatic heterocycles. The summed E-state index contributed by atoms with van der Waals surface area (Å²) < 4.78 is 5.87. The summed E-state index contributed by atoms with van der Waals surface area (Å²) in [5.41, 5.74) is 3.61. The van der Waals surface area contributed by atoms with Crippen LogP contribution in [0, 0.1) is 6.92 Å². The predicted molar refractivity (Wildman–Crippen MR) is 127 cm³/mol. The van der Waals surface area contributed by atoms with Gasteiger partial charge in [-0.05, 0) is 54.6 Å². The molecule has 1 heterocycles. The van der Waals surface area contributed by atoms with E-state index < -0.39 is 5.91 Å². The molecular formula is C25H23N5O2. The number of aryl methyl sites for hydroxylation is 1. The van der Waals surface area contributed by atoms with Crippen LogP contribution in [0.15, 0.2) is 90.6 Å². The van der Waals surface area contributed by atoms with E-state index in [2.05, 4.69) is 32.2 Å². The number of imidazole rings is 1. The molecule has 0 saturated heterocycles. The van der Waals surface area contributed by atoms with Crippen LogP contribution in [0.3, 0.4) is 0 Å². The van der Waals surface area contributed by atoms with Crippen molar-refractivity contribution < 1.29 is 9.53 Å². The third kappa shape index (κ3) is 5.02. The molecule has 0 fully saturated rings. The minimum Gasteiger partial charge on any atom is -0.457 e. The fourth-order valence-corrected chi connectivity index (χ4v) is 3.18. The average Bonchev–Trinajstić information content (AvgIpc) is 3.21. The number of H-pyrrole nitrogens is 1. The zero-order chi connectivity index (χ0) is 22.3. The first-order valence-electron chi connectivity index (χ1n) is 10.1. The average molecular weight is 425 g/mol. The molecule has 7 nitrogen and oxygen atoms in total. The van der Waals surface area contributed by atoms with E-state index in [4.69, 9.17) is 4.74 Å². The van der Waals surface area contributed by atoms with Gasteiger partial charge >= 0.3 is 0 Å². The van der Waals surface area contributed by atoms with E-state index in [-0.39, 0.29) is 12.4 Å². The largest absolute Gasteiger partial charge is 0.457 e. The Balaban J connectivity index is 1.47. The number of aromatic amines is 1. The Kier molecular flexibility index (Phi) is 6.27. The Hall–Kier alpha value is -4.39. The Morgan fingerprint density at radius 2 is 1.88 bits per heavy atom. The summed E-state index contributed by atoms with van der Waals surface area (Å²) in [5.74, 6) is 1.52. The highest BCUT2D eigenvalue weighted by molar-refractivity contribution is 6.42. The summed E-state index contributed by atoms with van der Waals surface area (Å²) in [6, 6.07) is 22.9. The summed E-state index contributed by atoms with van der Waals surface area (Å²) in [7, 11) is 0. The van der Waals surface area contributed by atoms with Gasteiger partial charge in [0.15, 0.2) is 5.84 Å². The molecule has 7 heteroatoms. The highest BCUT2D eigenvalue weighted by Crippen LogP contribution is 2.22. The number of nitrogens with zero attached hydrogens (tertiary/aromatic N) is 2. The molecular weight excluding hydrogens is 402 g/mol. The molecule has 0 unspecified atom stereocenters. The second kappa shape index (κ2) is 9.61. The summed E-state index contributed by atoms with van der Waals surface area (Å²) in [4.78, 5) is 24.7. The van der Waals surface area contributed by atoms with Gasteiger partial charge < -0.3 is 15.0 Å². The number of ether oxygens (including phenoxy) is 1. The number of nitrogens with one attached hydrogen (secondary N) is 3. The van der Waals surface area contributed by atoms with Gasteiger partial charge in [0.1, 0.15) is 11.5 Å². The normalized spacial score (nSPS) is 11.2. The Morgan fingerprint density at radius 3 is 2.66 bits per heavy atom. The molecule has 3 aromatic carbocycles. The van der Waals surface area contributed by atoms with E-state index in [0.717, 1.165) is 27.9 Å². The lowest BCUT2D eigenvalue weighted by Gasteiger charge is -2.08. The topological polar surface area (TPSA) is 91.4 Å². The first kappa shape index (κ1) is 20.9. The van der Waals surface area contributed by atoms with Gasteiger partial charge in [0.05, 0.1) is 17.6 Å². The van der Waals surface area contributed by atoms with Gasteiger partial charge in [0.25, 0.3) is 5.91 Å². The number of hydrogen-bond acceptors (Lipinski definition) is 4. The maximum absolute atomic E-state index is 12.8. The van der Waals surface area contributed by atoms with Crippen molar-refractivity contribution >= 4 is 28.7 Å². The van der Waals surface area contributed by atoms with Gasteiger partial charge in [-0.25, -0.2) is 4.98 Å². The van der Waals surface area contributed by atoms with Gasteiger partial charge in [-0.15, -0.1) is 0 Å². The lowest BCUT2D eigenvalue weighted by Crippen LogP contribution is -2.33.